The number of aliphatic hydroxyl groups is 1. The highest BCUT2D eigenvalue weighted by Crippen LogP contribution is 2.11. The van der Waals surface area contributed by atoms with Crippen LogP contribution in [-0.4, -0.2) is 35.7 Å². The van der Waals surface area contributed by atoms with Gasteiger partial charge in [0, 0.05) is 6.04 Å². The molecule has 2 nitrogen and oxygen atoms in total. The first-order chi connectivity index (χ1) is 5.67. The van der Waals surface area contributed by atoms with Crippen LogP contribution in [-0.2, 0) is 0 Å². The van der Waals surface area contributed by atoms with Crippen LogP contribution in [0.4, 0.5) is 0 Å². The molecule has 0 radical (unpaired) electrons. The molecule has 2 atom stereocenters. The summed E-state index contributed by atoms with van der Waals surface area (Å²) >= 11 is 0. The van der Waals surface area contributed by atoms with Crippen LogP contribution in [0.15, 0.2) is 0 Å². The van der Waals surface area contributed by atoms with Crippen LogP contribution in [0.5, 0.6) is 0 Å². The molecule has 0 aromatic heterocycles. The third-order valence-corrected chi connectivity index (χ3v) is 2.51. The summed E-state index contributed by atoms with van der Waals surface area (Å²) in [6.07, 6.45) is 2.87. The van der Waals surface area contributed by atoms with Crippen molar-refractivity contribution in [2.75, 3.05) is 13.6 Å². The summed E-state index contributed by atoms with van der Waals surface area (Å²) < 4.78 is 0. The number of hydrogen-bond donors (Lipinski definition) is 1. The van der Waals surface area contributed by atoms with Crippen molar-refractivity contribution in [2.45, 2.75) is 52.2 Å². The standard InChI is InChI=1S/C10H23NO/c1-5-8-10(12)9(6-2)11(4)7-3/h9-10,12H,5-8H2,1-4H3. The first kappa shape index (κ1) is 11.9. The van der Waals surface area contributed by atoms with E-state index in [1.165, 1.54) is 0 Å². The first-order valence-electron chi connectivity index (χ1n) is 5.05. The molecule has 0 fully saturated rings. The number of hydrogen-bond acceptors (Lipinski definition) is 2. The van der Waals surface area contributed by atoms with E-state index in [1.807, 2.05) is 0 Å². The molecule has 0 heterocycles. The normalized spacial score (nSPS) is 16.5. The van der Waals surface area contributed by atoms with Crippen molar-refractivity contribution in [2.24, 2.45) is 0 Å². The number of nitrogens with zero attached hydrogens (tertiary/aromatic N) is 1. The summed E-state index contributed by atoms with van der Waals surface area (Å²) in [7, 11) is 2.08. The van der Waals surface area contributed by atoms with Gasteiger partial charge in [-0.25, -0.2) is 0 Å². The van der Waals surface area contributed by atoms with Gasteiger partial charge in [0.2, 0.25) is 0 Å². The van der Waals surface area contributed by atoms with Gasteiger partial charge < -0.3 is 10.0 Å². The zero-order chi connectivity index (χ0) is 9.56. The summed E-state index contributed by atoms with van der Waals surface area (Å²) in [6.45, 7) is 7.39. The number of likely N-dealkylation sites (N-methyl/N-ethyl adjacent to an activating group) is 1. The van der Waals surface area contributed by atoms with Crippen LogP contribution in [0, 0.1) is 0 Å². The van der Waals surface area contributed by atoms with E-state index >= 15 is 0 Å². The number of aliphatic hydroxyl groups excluding tert-OH is 1. The topological polar surface area (TPSA) is 23.5 Å². The van der Waals surface area contributed by atoms with Gasteiger partial charge in [0.1, 0.15) is 0 Å². The maximum Gasteiger partial charge on any atom is 0.0695 e. The van der Waals surface area contributed by atoms with Gasteiger partial charge in [-0.3, -0.25) is 0 Å². The van der Waals surface area contributed by atoms with E-state index in [9.17, 15) is 5.11 Å². The minimum atomic E-state index is -0.148. The Morgan fingerprint density at radius 1 is 1.25 bits per heavy atom. The van der Waals surface area contributed by atoms with Gasteiger partial charge in [-0.15, -0.1) is 0 Å². The van der Waals surface area contributed by atoms with Crippen molar-refractivity contribution >= 4 is 0 Å². The molecule has 0 aliphatic heterocycles. The molecule has 0 spiro atoms. The van der Waals surface area contributed by atoms with E-state index in [-0.39, 0.29) is 6.10 Å². The van der Waals surface area contributed by atoms with Crippen molar-refractivity contribution in [3.63, 3.8) is 0 Å². The molecule has 74 valence electrons. The highest BCUT2D eigenvalue weighted by atomic mass is 16.3. The fourth-order valence-electron chi connectivity index (χ4n) is 1.60. The fourth-order valence-corrected chi connectivity index (χ4v) is 1.60. The van der Waals surface area contributed by atoms with Gasteiger partial charge in [-0.2, -0.15) is 0 Å². The Kier molecular flexibility index (Phi) is 6.39. The Labute approximate surface area is 76.6 Å². The van der Waals surface area contributed by atoms with Crippen LogP contribution in [0.25, 0.3) is 0 Å². The monoisotopic (exact) mass is 173 g/mol. The molecule has 2 heteroatoms. The molecular formula is C10H23NO. The second-order valence-corrected chi connectivity index (χ2v) is 3.40. The molecule has 12 heavy (non-hydrogen) atoms. The molecule has 2 unspecified atom stereocenters. The zero-order valence-electron chi connectivity index (χ0n) is 8.88. The highest BCUT2D eigenvalue weighted by Gasteiger charge is 2.19. The van der Waals surface area contributed by atoms with Gasteiger partial charge >= 0.3 is 0 Å². The van der Waals surface area contributed by atoms with Gasteiger partial charge in [-0.1, -0.05) is 27.2 Å². The minimum Gasteiger partial charge on any atom is -0.391 e. The van der Waals surface area contributed by atoms with Gasteiger partial charge in [0.25, 0.3) is 0 Å². The quantitative estimate of drug-likeness (QED) is 0.663. The Bertz CT molecular complexity index is 106. The van der Waals surface area contributed by atoms with Crippen molar-refractivity contribution in [1.82, 2.24) is 4.90 Å². The Morgan fingerprint density at radius 2 is 1.83 bits per heavy atom. The van der Waals surface area contributed by atoms with E-state index in [2.05, 4.69) is 32.7 Å². The van der Waals surface area contributed by atoms with Crippen LogP contribution in [0.2, 0.25) is 0 Å². The van der Waals surface area contributed by atoms with Crippen LogP contribution in [0.3, 0.4) is 0 Å². The minimum absolute atomic E-state index is 0.148. The third-order valence-electron chi connectivity index (χ3n) is 2.51. The van der Waals surface area contributed by atoms with E-state index < -0.39 is 0 Å². The second-order valence-electron chi connectivity index (χ2n) is 3.40. The highest BCUT2D eigenvalue weighted by molar-refractivity contribution is 4.74. The maximum atomic E-state index is 9.77. The molecule has 0 aliphatic carbocycles. The molecule has 0 aromatic carbocycles. The summed E-state index contributed by atoms with van der Waals surface area (Å²) in [5.41, 5.74) is 0. The van der Waals surface area contributed by atoms with Crippen molar-refractivity contribution in [3.8, 4) is 0 Å². The predicted octanol–water partition coefficient (Wildman–Crippen LogP) is 1.88. The van der Waals surface area contributed by atoms with E-state index in [1.54, 1.807) is 0 Å². The molecule has 0 aromatic rings. The molecule has 0 bridgehead atoms. The largest absolute Gasteiger partial charge is 0.391 e. The summed E-state index contributed by atoms with van der Waals surface area (Å²) in [5.74, 6) is 0. The van der Waals surface area contributed by atoms with Crippen molar-refractivity contribution in [1.29, 1.82) is 0 Å². The fraction of sp³-hybridized carbons (Fsp3) is 1.00. The first-order valence-corrected chi connectivity index (χ1v) is 5.05. The average molecular weight is 173 g/mol. The summed E-state index contributed by atoms with van der Waals surface area (Å²) in [5, 5.41) is 9.77. The molecule has 0 amide bonds. The lowest BCUT2D eigenvalue weighted by atomic mass is 10.0. The Morgan fingerprint density at radius 3 is 2.17 bits per heavy atom. The van der Waals surface area contributed by atoms with Crippen LogP contribution < -0.4 is 0 Å². The van der Waals surface area contributed by atoms with Gasteiger partial charge in [0.05, 0.1) is 6.10 Å². The smallest absolute Gasteiger partial charge is 0.0695 e. The second kappa shape index (κ2) is 6.44. The molecular weight excluding hydrogens is 150 g/mol. The Hall–Kier alpha value is -0.0800. The maximum absolute atomic E-state index is 9.77. The number of rotatable bonds is 6. The Balaban J connectivity index is 3.94. The lowest BCUT2D eigenvalue weighted by Gasteiger charge is -2.30. The lowest BCUT2D eigenvalue weighted by molar-refractivity contribution is 0.0568. The summed E-state index contributed by atoms with van der Waals surface area (Å²) in [6, 6.07) is 0.343. The van der Waals surface area contributed by atoms with Crippen LogP contribution in [0.1, 0.15) is 40.0 Å². The summed E-state index contributed by atoms with van der Waals surface area (Å²) in [4.78, 5) is 2.22. The van der Waals surface area contributed by atoms with E-state index in [4.69, 9.17) is 0 Å². The molecule has 0 saturated carbocycles. The van der Waals surface area contributed by atoms with Gasteiger partial charge in [-0.05, 0) is 26.4 Å². The van der Waals surface area contributed by atoms with Gasteiger partial charge in [0.15, 0.2) is 0 Å². The van der Waals surface area contributed by atoms with Crippen LogP contribution >= 0.6 is 0 Å². The average Bonchev–Trinajstić information content (AvgIpc) is 2.06. The zero-order valence-corrected chi connectivity index (χ0v) is 8.88. The third kappa shape index (κ3) is 3.55. The predicted molar refractivity (Wildman–Crippen MR) is 53.3 cm³/mol. The molecule has 0 saturated heterocycles. The van der Waals surface area contributed by atoms with Crippen molar-refractivity contribution < 1.29 is 5.11 Å². The van der Waals surface area contributed by atoms with E-state index in [0.717, 1.165) is 25.8 Å². The molecule has 0 rings (SSSR count). The molecule has 0 aliphatic rings. The lowest BCUT2D eigenvalue weighted by Crippen LogP contribution is -2.40. The van der Waals surface area contributed by atoms with E-state index in [0.29, 0.717) is 6.04 Å². The molecule has 1 N–H and O–H groups in total. The SMILES string of the molecule is CCCC(O)C(CC)N(C)CC. The van der Waals surface area contributed by atoms with Crippen molar-refractivity contribution in [3.05, 3.63) is 0 Å².